The number of aliphatic imine (C=N–C) groups is 1. The van der Waals surface area contributed by atoms with E-state index in [1.54, 1.807) is 6.20 Å². The monoisotopic (exact) mass is 166 g/mol. The second-order valence-corrected chi connectivity index (χ2v) is 2.84. The van der Waals surface area contributed by atoms with Gasteiger partial charge in [0.1, 0.15) is 6.61 Å². The molecule has 12 heavy (non-hydrogen) atoms. The molecule has 2 N–H and O–H groups in total. The second kappa shape index (κ2) is 4.85. The Morgan fingerprint density at radius 1 is 1.67 bits per heavy atom. The van der Waals surface area contributed by atoms with Crippen LogP contribution in [0.3, 0.4) is 0 Å². The van der Waals surface area contributed by atoms with Gasteiger partial charge in [0.2, 0.25) is 0 Å². The van der Waals surface area contributed by atoms with Crippen LogP contribution < -0.4 is 5.90 Å². The molecule has 3 nitrogen and oxygen atoms in total. The Bertz CT molecular complexity index is 219. The molecule has 66 valence electrons. The summed E-state index contributed by atoms with van der Waals surface area (Å²) in [5.74, 6) is 5.40. The number of nitrogens with two attached hydrogens (primary N) is 1. The van der Waals surface area contributed by atoms with Crippen LogP contribution in [0.4, 0.5) is 0 Å². The van der Waals surface area contributed by atoms with E-state index in [9.17, 15) is 0 Å². The van der Waals surface area contributed by atoms with Gasteiger partial charge in [0.25, 0.3) is 0 Å². The van der Waals surface area contributed by atoms with Gasteiger partial charge in [-0.3, -0.25) is 9.83 Å². The summed E-state index contributed by atoms with van der Waals surface area (Å²) in [5.41, 5.74) is 0.998. The summed E-state index contributed by atoms with van der Waals surface area (Å²) in [5, 5.41) is 0. The van der Waals surface area contributed by atoms with Crippen molar-refractivity contribution in [2.75, 3.05) is 6.61 Å². The van der Waals surface area contributed by atoms with E-state index in [0.29, 0.717) is 12.5 Å². The van der Waals surface area contributed by atoms with Crippen LogP contribution in [0.2, 0.25) is 0 Å². The van der Waals surface area contributed by atoms with Crippen LogP contribution in [0.15, 0.2) is 29.4 Å². The minimum atomic E-state index is 0.412. The Kier molecular flexibility index (Phi) is 3.70. The third-order valence-electron chi connectivity index (χ3n) is 1.86. The van der Waals surface area contributed by atoms with E-state index in [2.05, 4.69) is 22.8 Å². The van der Waals surface area contributed by atoms with Crippen molar-refractivity contribution < 1.29 is 4.84 Å². The minimum Gasteiger partial charge on any atom is -0.299 e. The predicted molar refractivity (Wildman–Crippen MR) is 49.6 cm³/mol. The molecule has 1 atom stereocenters. The number of allylic oxidation sites excluding steroid dienone is 3. The van der Waals surface area contributed by atoms with Crippen LogP contribution in [0.25, 0.3) is 0 Å². The smallest absolute Gasteiger partial charge is 0.106 e. The highest BCUT2D eigenvalue weighted by atomic mass is 16.6. The van der Waals surface area contributed by atoms with E-state index < -0.39 is 0 Å². The summed E-state index contributed by atoms with van der Waals surface area (Å²) in [6.07, 6.45) is 8.78. The Morgan fingerprint density at radius 2 is 2.50 bits per heavy atom. The van der Waals surface area contributed by atoms with Crippen molar-refractivity contribution >= 4 is 5.71 Å². The minimum absolute atomic E-state index is 0.412. The topological polar surface area (TPSA) is 47.6 Å². The van der Waals surface area contributed by atoms with E-state index >= 15 is 0 Å². The predicted octanol–water partition coefficient (Wildman–Crippen LogP) is 1.43. The lowest BCUT2D eigenvalue weighted by Gasteiger charge is -2.11. The zero-order chi connectivity index (χ0) is 8.81. The average molecular weight is 166 g/mol. The van der Waals surface area contributed by atoms with Gasteiger partial charge in [-0.05, 0) is 12.5 Å². The Hall–Kier alpha value is -0.930. The summed E-state index contributed by atoms with van der Waals surface area (Å²) in [6.45, 7) is 2.53. The lowest BCUT2D eigenvalue weighted by atomic mass is 10.0. The Labute approximate surface area is 72.6 Å². The fraction of sp³-hybridized carbons (Fsp3) is 0.444. The molecule has 0 aromatic heterocycles. The average Bonchev–Trinajstić information content (AvgIpc) is 2.05. The third-order valence-corrected chi connectivity index (χ3v) is 1.86. The molecule has 0 radical (unpaired) electrons. The maximum absolute atomic E-state index is 4.99. The van der Waals surface area contributed by atoms with E-state index in [-0.39, 0.29) is 0 Å². The molecule has 0 aliphatic carbocycles. The molecule has 0 amide bonds. The summed E-state index contributed by atoms with van der Waals surface area (Å²) in [6, 6.07) is 0. The van der Waals surface area contributed by atoms with Crippen LogP contribution in [0.5, 0.6) is 0 Å². The summed E-state index contributed by atoms with van der Waals surface area (Å²) >= 11 is 0. The fourth-order valence-corrected chi connectivity index (χ4v) is 1.08. The van der Waals surface area contributed by atoms with Gasteiger partial charge in [-0.1, -0.05) is 19.1 Å². The first-order valence-electron chi connectivity index (χ1n) is 4.04. The maximum Gasteiger partial charge on any atom is 0.106 e. The molecule has 1 rings (SSSR count). The van der Waals surface area contributed by atoms with Crippen molar-refractivity contribution in [1.82, 2.24) is 0 Å². The van der Waals surface area contributed by atoms with Gasteiger partial charge >= 0.3 is 0 Å². The van der Waals surface area contributed by atoms with E-state index in [0.717, 1.165) is 12.1 Å². The molecule has 0 fully saturated rings. The van der Waals surface area contributed by atoms with Crippen molar-refractivity contribution in [2.24, 2.45) is 16.8 Å². The highest BCUT2D eigenvalue weighted by Gasteiger charge is 2.08. The van der Waals surface area contributed by atoms with Crippen molar-refractivity contribution in [2.45, 2.75) is 13.3 Å². The van der Waals surface area contributed by atoms with Gasteiger partial charge in [-0.2, -0.15) is 0 Å². The molecule has 1 unspecified atom stereocenters. The Morgan fingerprint density at radius 3 is 3.25 bits per heavy atom. The van der Waals surface area contributed by atoms with Gasteiger partial charge in [-0.15, -0.1) is 0 Å². The fourth-order valence-electron chi connectivity index (χ4n) is 1.08. The first-order valence-corrected chi connectivity index (χ1v) is 4.04. The molecule has 0 aromatic rings. The van der Waals surface area contributed by atoms with Crippen molar-refractivity contribution in [3.63, 3.8) is 0 Å². The molecule has 0 aromatic carbocycles. The van der Waals surface area contributed by atoms with Crippen LogP contribution in [0, 0.1) is 5.92 Å². The highest BCUT2D eigenvalue weighted by Crippen LogP contribution is 2.08. The molecule has 3 heteroatoms. The molecular weight excluding hydrogens is 152 g/mol. The molecule has 0 spiro atoms. The summed E-state index contributed by atoms with van der Waals surface area (Å²) in [4.78, 5) is 8.79. The molecule has 0 saturated carbocycles. The number of rotatable bonds is 2. The van der Waals surface area contributed by atoms with Crippen LogP contribution >= 0.6 is 0 Å². The normalized spacial score (nSPS) is 32.8. The zero-order valence-corrected chi connectivity index (χ0v) is 7.23. The molecule has 0 bridgehead atoms. The lowest BCUT2D eigenvalue weighted by molar-refractivity contribution is 0.175. The second-order valence-electron chi connectivity index (χ2n) is 2.84. The van der Waals surface area contributed by atoms with Crippen molar-refractivity contribution in [3.8, 4) is 0 Å². The molecule has 1 aliphatic rings. The lowest BCUT2D eigenvalue weighted by Crippen LogP contribution is -2.19. The summed E-state index contributed by atoms with van der Waals surface area (Å²) in [7, 11) is 0. The van der Waals surface area contributed by atoms with Crippen molar-refractivity contribution in [3.05, 3.63) is 24.4 Å². The van der Waals surface area contributed by atoms with Gasteiger partial charge < -0.3 is 0 Å². The maximum atomic E-state index is 4.99. The standard InChI is InChI=1S/C9H14N2O/c1-8-5-3-2-4-6-11-9(8)7-12-10/h2-4,6,8H,5,7,10H2,1H3/b3-2+,6-4-,11-9-. The molecule has 1 aliphatic heterocycles. The van der Waals surface area contributed by atoms with E-state index in [1.165, 1.54) is 0 Å². The van der Waals surface area contributed by atoms with Crippen LogP contribution in [-0.2, 0) is 4.84 Å². The number of hydrogen-bond donors (Lipinski definition) is 1. The number of nitrogens with zero attached hydrogens (tertiary/aromatic N) is 1. The zero-order valence-electron chi connectivity index (χ0n) is 7.23. The Balaban J connectivity index is 2.67. The molecule has 1 heterocycles. The summed E-state index contributed by atoms with van der Waals surface area (Å²) < 4.78 is 0. The SMILES string of the molecule is CC1C/C=C/C=C\N=C/1CON. The third kappa shape index (κ3) is 2.60. The first-order chi connectivity index (χ1) is 5.84. The van der Waals surface area contributed by atoms with Crippen LogP contribution in [0.1, 0.15) is 13.3 Å². The molecule has 0 saturated heterocycles. The van der Waals surface area contributed by atoms with Gasteiger partial charge in [0.15, 0.2) is 0 Å². The van der Waals surface area contributed by atoms with Gasteiger partial charge in [0, 0.05) is 17.8 Å². The first kappa shape index (κ1) is 9.16. The quantitative estimate of drug-likeness (QED) is 0.631. The molecular formula is C9H14N2O. The van der Waals surface area contributed by atoms with Crippen molar-refractivity contribution in [1.29, 1.82) is 0 Å². The number of hydrogen-bond acceptors (Lipinski definition) is 3. The highest BCUT2D eigenvalue weighted by molar-refractivity contribution is 5.88. The van der Waals surface area contributed by atoms with E-state index in [4.69, 9.17) is 5.90 Å². The van der Waals surface area contributed by atoms with E-state index in [1.807, 2.05) is 12.2 Å². The largest absolute Gasteiger partial charge is 0.299 e. The van der Waals surface area contributed by atoms with Gasteiger partial charge in [-0.25, -0.2) is 5.90 Å². The van der Waals surface area contributed by atoms with Gasteiger partial charge in [0.05, 0.1) is 0 Å². The van der Waals surface area contributed by atoms with Crippen LogP contribution in [-0.4, -0.2) is 12.3 Å².